The molecule has 0 saturated carbocycles. The lowest BCUT2D eigenvalue weighted by Gasteiger charge is -2.16. The summed E-state index contributed by atoms with van der Waals surface area (Å²) in [5.41, 5.74) is 1.34. The van der Waals surface area contributed by atoms with Crippen LogP contribution in [0.25, 0.3) is 0 Å². The Hall–Kier alpha value is -1.06. The van der Waals surface area contributed by atoms with Gasteiger partial charge in [-0.05, 0) is 41.1 Å². The lowest BCUT2D eigenvalue weighted by Crippen LogP contribution is -2.26. The van der Waals surface area contributed by atoms with Gasteiger partial charge in [0.25, 0.3) is 0 Å². The summed E-state index contributed by atoms with van der Waals surface area (Å²) in [6.07, 6.45) is 0. The molecule has 1 unspecified atom stereocenters. The SMILES string of the molecule is CCS(=O)(=O)CC(C)Nc1ccc(C#N)cc1Br. The molecule has 0 spiro atoms. The minimum atomic E-state index is -2.99. The third kappa shape index (κ3) is 4.31. The molecule has 1 rings (SSSR count). The summed E-state index contributed by atoms with van der Waals surface area (Å²) >= 11 is 3.35. The molecule has 1 N–H and O–H groups in total. The Balaban J connectivity index is 2.77. The van der Waals surface area contributed by atoms with Crippen molar-refractivity contribution in [2.24, 2.45) is 0 Å². The van der Waals surface area contributed by atoms with E-state index in [0.29, 0.717) is 5.56 Å². The Morgan fingerprint density at radius 2 is 2.17 bits per heavy atom. The highest BCUT2D eigenvalue weighted by molar-refractivity contribution is 9.10. The first-order chi connectivity index (χ1) is 8.38. The second-order valence-electron chi connectivity index (χ2n) is 4.05. The van der Waals surface area contributed by atoms with Crippen molar-refractivity contribution < 1.29 is 8.42 Å². The smallest absolute Gasteiger partial charge is 0.152 e. The number of anilines is 1. The van der Waals surface area contributed by atoms with E-state index in [1.54, 1.807) is 25.1 Å². The maximum Gasteiger partial charge on any atom is 0.152 e. The van der Waals surface area contributed by atoms with Crippen molar-refractivity contribution in [3.05, 3.63) is 28.2 Å². The fraction of sp³-hybridized carbons (Fsp3) is 0.417. The van der Waals surface area contributed by atoms with Crippen molar-refractivity contribution in [3.63, 3.8) is 0 Å². The number of hydrogen-bond acceptors (Lipinski definition) is 4. The largest absolute Gasteiger partial charge is 0.381 e. The number of nitriles is 1. The van der Waals surface area contributed by atoms with Gasteiger partial charge in [-0.25, -0.2) is 8.42 Å². The van der Waals surface area contributed by atoms with Crippen LogP contribution in [0.15, 0.2) is 22.7 Å². The first-order valence-electron chi connectivity index (χ1n) is 5.54. The Kier molecular flexibility index (Phi) is 5.17. The van der Waals surface area contributed by atoms with Gasteiger partial charge in [-0.1, -0.05) is 6.92 Å². The minimum absolute atomic E-state index is 0.0932. The molecule has 0 amide bonds. The first-order valence-corrected chi connectivity index (χ1v) is 8.16. The second kappa shape index (κ2) is 6.21. The Morgan fingerprint density at radius 1 is 1.50 bits per heavy atom. The highest BCUT2D eigenvalue weighted by Gasteiger charge is 2.14. The summed E-state index contributed by atoms with van der Waals surface area (Å²) in [5.74, 6) is 0.240. The molecule has 4 nitrogen and oxygen atoms in total. The third-order valence-electron chi connectivity index (χ3n) is 2.44. The van der Waals surface area contributed by atoms with Crippen molar-refractivity contribution in [1.29, 1.82) is 5.26 Å². The number of sulfone groups is 1. The summed E-state index contributed by atoms with van der Waals surface area (Å²) in [4.78, 5) is 0. The number of nitrogens with zero attached hydrogens (tertiary/aromatic N) is 1. The van der Waals surface area contributed by atoms with E-state index in [9.17, 15) is 8.42 Å². The Labute approximate surface area is 116 Å². The van der Waals surface area contributed by atoms with E-state index in [1.807, 2.05) is 13.0 Å². The van der Waals surface area contributed by atoms with Crippen molar-refractivity contribution in [2.75, 3.05) is 16.8 Å². The summed E-state index contributed by atoms with van der Waals surface area (Å²) in [6.45, 7) is 3.46. The van der Waals surface area contributed by atoms with Gasteiger partial charge in [0.15, 0.2) is 9.84 Å². The van der Waals surface area contributed by atoms with Crippen molar-refractivity contribution in [3.8, 4) is 6.07 Å². The average Bonchev–Trinajstić information content (AvgIpc) is 2.31. The van der Waals surface area contributed by atoms with E-state index in [2.05, 4.69) is 21.2 Å². The second-order valence-corrected chi connectivity index (χ2v) is 7.30. The molecule has 0 radical (unpaired) electrons. The maximum absolute atomic E-state index is 11.5. The molecule has 6 heteroatoms. The van der Waals surface area contributed by atoms with Gasteiger partial charge >= 0.3 is 0 Å². The topological polar surface area (TPSA) is 70.0 Å². The molecule has 0 aliphatic carbocycles. The first kappa shape index (κ1) is 15.0. The summed E-state index contributed by atoms with van der Waals surface area (Å²) in [6, 6.07) is 7.01. The van der Waals surface area contributed by atoms with Crippen LogP contribution in [0.3, 0.4) is 0 Å². The van der Waals surface area contributed by atoms with E-state index in [4.69, 9.17) is 5.26 Å². The molecule has 98 valence electrons. The highest BCUT2D eigenvalue weighted by Crippen LogP contribution is 2.24. The van der Waals surface area contributed by atoms with Gasteiger partial charge < -0.3 is 5.32 Å². The van der Waals surface area contributed by atoms with E-state index in [-0.39, 0.29) is 17.5 Å². The molecule has 0 aromatic heterocycles. The number of benzene rings is 1. The molecular weight excluding hydrogens is 316 g/mol. The van der Waals surface area contributed by atoms with E-state index >= 15 is 0 Å². The molecule has 18 heavy (non-hydrogen) atoms. The van der Waals surface area contributed by atoms with E-state index in [0.717, 1.165) is 10.2 Å². The zero-order valence-corrected chi connectivity index (χ0v) is 12.7. The number of halogens is 1. The monoisotopic (exact) mass is 330 g/mol. The molecule has 1 aromatic rings. The number of hydrogen-bond donors (Lipinski definition) is 1. The molecular formula is C12H15BrN2O2S. The van der Waals surface area contributed by atoms with Crippen LogP contribution < -0.4 is 5.32 Å². The van der Waals surface area contributed by atoms with Gasteiger partial charge in [0.2, 0.25) is 0 Å². The van der Waals surface area contributed by atoms with Gasteiger partial charge in [0, 0.05) is 22.0 Å². The molecule has 0 heterocycles. The van der Waals surface area contributed by atoms with Crippen molar-refractivity contribution in [1.82, 2.24) is 0 Å². The van der Waals surface area contributed by atoms with E-state index < -0.39 is 9.84 Å². The standard InChI is InChI=1S/C12H15BrN2O2S/c1-3-18(16,17)8-9(2)15-12-5-4-10(7-14)6-11(12)13/h4-6,9,15H,3,8H2,1-2H3. The van der Waals surface area contributed by atoms with Gasteiger partial charge in [-0.15, -0.1) is 0 Å². The van der Waals surface area contributed by atoms with Crippen LogP contribution in [-0.2, 0) is 9.84 Å². The summed E-state index contributed by atoms with van der Waals surface area (Å²) in [5, 5.41) is 11.9. The lowest BCUT2D eigenvalue weighted by atomic mass is 10.2. The fourth-order valence-electron chi connectivity index (χ4n) is 1.51. The molecule has 0 fully saturated rings. The summed E-state index contributed by atoms with van der Waals surface area (Å²) in [7, 11) is -2.99. The molecule has 1 aromatic carbocycles. The molecule has 0 saturated heterocycles. The minimum Gasteiger partial charge on any atom is -0.381 e. The van der Waals surface area contributed by atoms with Gasteiger partial charge in [-0.3, -0.25) is 0 Å². The van der Waals surface area contributed by atoms with E-state index in [1.165, 1.54) is 0 Å². The Bertz CT molecular complexity index is 564. The van der Waals surface area contributed by atoms with Crippen molar-refractivity contribution >= 4 is 31.5 Å². The van der Waals surface area contributed by atoms with Crippen LogP contribution in [0.1, 0.15) is 19.4 Å². The molecule has 0 aliphatic heterocycles. The predicted molar refractivity (Wildman–Crippen MR) is 76.3 cm³/mol. The number of nitrogens with one attached hydrogen (secondary N) is 1. The van der Waals surface area contributed by atoms with Crippen LogP contribution in [0.2, 0.25) is 0 Å². The van der Waals surface area contributed by atoms with Crippen LogP contribution in [-0.4, -0.2) is 26.0 Å². The van der Waals surface area contributed by atoms with Gasteiger partial charge in [0.05, 0.1) is 17.4 Å². The van der Waals surface area contributed by atoms with Crippen LogP contribution in [0.4, 0.5) is 5.69 Å². The Morgan fingerprint density at radius 3 is 2.67 bits per heavy atom. The quantitative estimate of drug-likeness (QED) is 0.900. The third-order valence-corrected chi connectivity index (χ3v) is 4.99. The normalized spacial score (nSPS) is 12.8. The molecule has 0 bridgehead atoms. The van der Waals surface area contributed by atoms with Crippen LogP contribution in [0, 0.1) is 11.3 Å². The van der Waals surface area contributed by atoms with Crippen LogP contribution in [0.5, 0.6) is 0 Å². The zero-order chi connectivity index (χ0) is 13.8. The van der Waals surface area contributed by atoms with Crippen LogP contribution >= 0.6 is 15.9 Å². The van der Waals surface area contributed by atoms with Gasteiger partial charge in [-0.2, -0.15) is 5.26 Å². The molecule has 0 aliphatic rings. The maximum atomic E-state index is 11.5. The fourth-order valence-corrected chi connectivity index (χ4v) is 3.08. The number of rotatable bonds is 5. The average molecular weight is 331 g/mol. The van der Waals surface area contributed by atoms with Gasteiger partial charge in [0.1, 0.15) is 0 Å². The summed E-state index contributed by atoms with van der Waals surface area (Å²) < 4.78 is 23.7. The van der Waals surface area contributed by atoms with Crippen molar-refractivity contribution in [2.45, 2.75) is 19.9 Å². The zero-order valence-electron chi connectivity index (χ0n) is 10.3. The predicted octanol–water partition coefficient (Wildman–Crippen LogP) is 2.56. The lowest BCUT2D eigenvalue weighted by molar-refractivity contribution is 0.593. The molecule has 1 atom stereocenters. The highest BCUT2D eigenvalue weighted by atomic mass is 79.9.